The first kappa shape index (κ1) is 18.0. The van der Waals surface area contributed by atoms with Crippen molar-refractivity contribution in [2.75, 3.05) is 0 Å². The van der Waals surface area contributed by atoms with E-state index in [9.17, 15) is 9.59 Å². The van der Waals surface area contributed by atoms with Crippen LogP contribution in [0.3, 0.4) is 0 Å². The second-order valence-electron chi connectivity index (χ2n) is 6.72. The highest BCUT2D eigenvalue weighted by Gasteiger charge is 2.33. The quantitative estimate of drug-likeness (QED) is 0.778. The molecule has 2 heterocycles. The molecule has 3 atom stereocenters. The Morgan fingerprint density at radius 1 is 1.15 bits per heavy atom. The molecule has 1 saturated heterocycles. The van der Waals surface area contributed by atoms with Crippen LogP contribution in [0.4, 0.5) is 0 Å². The largest absolute Gasteiger partial charge is 0.449 e. The van der Waals surface area contributed by atoms with E-state index in [0.717, 1.165) is 24.9 Å². The highest BCUT2D eigenvalue weighted by Crippen LogP contribution is 2.24. The van der Waals surface area contributed by atoms with Gasteiger partial charge >= 0.3 is 5.97 Å². The van der Waals surface area contributed by atoms with Crippen LogP contribution in [0.1, 0.15) is 50.4 Å². The molecule has 0 unspecified atom stereocenters. The summed E-state index contributed by atoms with van der Waals surface area (Å²) in [6.07, 6.45) is 3.73. The van der Waals surface area contributed by atoms with Gasteiger partial charge < -0.3 is 9.64 Å². The van der Waals surface area contributed by atoms with E-state index >= 15 is 0 Å². The van der Waals surface area contributed by atoms with Crippen molar-refractivity contribution in [2.24, 2.45) is 0 Å². The summed E-state index contributed by atoms with van der Waals surface area (Å²) in [6, 6.07) is 7.03. The fourth-order valence-electron chi connectivity index (χ4n) is 3.37. The third-order valence-electron chi connectivity index (χ3n) is 4.80. The average molecular weight is 357 g/mol. The van der Waals surface area contributed by atoms with E-state index in [1.165, 1.54) is 11.0 Å². The number of benzene rings is 1. The van der Waals surface area contributed by atoms with Crippen LogP contribution < -0.4 is 0 Å². The first-order valence-corrected chi connectivity index (χ1v) is 8.84. The molecule has 1 aromatic carbocycles. The van der Waals surface area contributed by atoms with Gasteiger partial charge in [0.2, 0.25) is 0 Å². The number of aromatic nitrogens is 4. The molecule has 1 aliphatic rings. The first-order valence-electron chi connectivity index (χ1n) is 8.84. The van der Waals surface area contributed by atoms with Crippen LogP contribution in [0, 0.1) is 0 Å². The van der Waals surface area contributed by atoms with E-state index in [1.54, 1.807) is 31.2 Å². The molecule has 0 spiro atoms. The molecule has 3 rings (SSSR count). The Morgan fingerprint density at radius 3 is 2.38 bits per heavy atom. The van der Waals surface area contributed by atoms with E-state index in [2.05, 4.69) is 15.5 Å². The number of rotatable bonds is 4. The molecule has 8 nitrogen and oxygen atoms in total. The van der Waals surface area contributed by atoms with Crippen LogP contribution in [0.2, 0.25) is 0 Å². The van der Waals surface area contributed by atoms with Gasteiger partial charge in [0.15, 0.2) is 6.10 Å². The summed E-state index contributed by atoms with van der Waals surface area (Å²) in [5, 5.41) is 10.9. The molecule has 0 bridgehead atoms. The molecule has 1 amide bonds. The van der Waals surface area contributed by atoms with Gasteiger partial charge in [0.05, 0.1) is 11.3 Å². The molecule has 26 heavy (non-hydrogen) atoms. The van der Waals surface area contributed by atoms with E-state index in [1.807, 2.05) is 18.7 Å². The van der Waals surface area contributed by atoms with Gasteiger partial charge in [-0.05, 0) is 74.7 Å². The van der Waals surface area contributed by atoms with Crippen LogP contribution in [0.25, 0.3) is 5.69 Å². The van der Waals surface area contributed by atoms with Gasteiger partial charge in [0, 0.05) is 12.1 Å². The van der Waals surface area contributed by atoms with Crippen LogP contribution in [-0.4, -0.2) is 55.2 Å². The van der Waals surface area contributed by atoms with Crippen molar-refractivity contribution in [2.45, 2.75) is 58.2 Å². The second-order valence-corrected chi connectivity index (χ2v) is 6.72. The fraction of sp³-hybridized carbons (Fsp3) is 0.500. The lowest BCUT2D eigenvalue weighted by Crippen LogP contribution is -2.51. The molecular formula is C18H23N5O3. The summed E-state index contributed by atoms with van der Waals surface area (Å²) >= 11 is 0. The number of likely N-dealkylation sites (tertiary alicyclic amines) is 1. The number of carbonyl (C=O) groups is 2. The zero-order valence-corrected chi connectivity index (χ0v) is 15.2. The molecule has 1 fully saturated rings. The smallest absolute Gasteiger partial charge is 0.338 e. The highest BCUT2D eigenvalue weighted by molar-refractivity contribution is 5.92. The second kappa shape index (κ2) is 7.63. The monoisotopic (exact) mass is 357 g/mol. The lowest BCUT2D eigenvalue weighted by atomic mass is 9.97. The number of nitrogens with zero attached hydrogens (tertiary/aromatic N) is 5. The maximum absolute atomic E-state index is 12.7. The molecule has 0 saturated carbocycles. The van der Waals surface area contributed by atoms with Gasteiger partial charge in [-0.25, -0.2) is 9.48 Å². The Balaban J connectivity index is 1.64. The SMILES string of the molecule is C[C@@H](OC(=O)c1ccc(-n2cnnn2)cc1)C(=O)N1[C@@H](C)CCC[C@@H]1C. The lowest BCUT2D eigenvalue weighted by Gasteiger charge is -2.40. The lowest BCUT2D eigenvalue weighted by molar-refractivity contribution is -0.146. The molecule has 2 aromatic rings. The van der Waals surface area contributed by atoms with Gasteiger partial charge in [0.25, 0.3) is 5.91 Å². The summed E-state index contributed by atoms with van der Waals surface area (Å²) in [6.45, 7) is 5.71. The Hall–Kier alpha value is -2.77. The van der Waals surface area contributed by atoms with Crippen molar-refractivity contribution in [3.05, 3.63) is 36.2 Å². The van der Waals surface area contributed by atoms with E-state index in [-0.39, 0.29) is 18.0 Å². The summed E-state index contributed by atoms with van der Waals surface area (Å²) in [7, 11) is 0. The van der Waals surface area contributed by atoms with Crippen molar-refractivity contribution >= 4 is 11.9 Å². The van der Waals surface area contributed by atoms with Crippen LogP contribution in [0.5, 0.6) is 0 Å². The predicted octanol–water partition coefficient (Wildman–Crippen LogP) is 2.00. The van der Waals surface area contributed by atoms with Crippen LogP contribution >= 0.6 is 0 Å². The average Bonchev–Trinajstić information content (AvgIpc) is 3.16. The van der Waals surface area contributed by atoms with Gasteiger partial charge in [-0.3, -0.25) is 4.79 Å². The highest BCUT2D eigenvalue weighted by atomic mass is 16.5. The topological polar surface area (TPSA) is 90.2 Å². The third-order valence-corrected chi connectivity index (χ3v) is 4.80. The molecular weight excluding hydrogens is 334 g/mol. The number of piperidine rings is 1. The van der Waals surface area contributed by atoms with Gasteiger partial charge in [-0.1, -0.05) is 0 Å². The number of amides is 1. The minimum atomic E-state index is -0.815. The number of hydrogen-bond donors (Lipinski definition) is 0. The Kier molecular flexibility index (Phi) is 5.29. The summed E-state index contributed by atoms with van der Waals surface area (Å²) < 4.78 is 6.89. The van der Waals surface area contributed by atoms with Crippen molar-refractivity contribution < 1.29 is 14.3 Å². The zero-order chi connectivity index (χ0) is 18.7. The van der Waals surface area contributed by atoms with Crippen LogP contribution in [0.15, 0.2) is 30.6 Å². The number of ether oxygens (including phenoxy) is 1. The van der Waals surface area contributed by atoms with Crippen molar-refractivity contribution in [3.8, 4) is 5.69 Å². The molecule has 8 heteroatoms. The normalized spacial score (nSPS) is 21.3. The molecule has 0 aliphatic carbocycles. The van der Waals surface area contributed by atoms with Gasteiger partial charge in [0.1, 0.15) is 6.33 Å². The summed E-state index contributed by atoms with van der Waals surface area (Å²) in [5.74, 6) is -0.658. The maximum atomic E-state index is 12.7. The number of hydrogen-bond acceptors (Lipinski definition) is 6. The van der Waals surface area contributed by atoms with E-state index < -0.39 is 12.1 Å². The molecule has 0 radical (unpaired) electrons. The maximum Gasteiger partial charge on any atom is 0.338 e. The number of tetrazole rings is 1. The Bertz CT molecular complexity index is 750. The van der Waals surface area contributed by atoms with Gasteiger partial charge in [-0.2, -0.15) is 0 Å². The molecule has 0 N–H and O–H groups in total. The molecule has 138 valence electrons. The summed E-state index contributed by atoms with van der Waals surface area (Å²) in [5.41, 5.74) is 1.10. The van der Waals surface area contributed by atoms with E-state index in [4.69, 9.17) is 4.74 Å². The number of carbonyl (C=O) groups excluding carboxylic acids is 2. The van der Waals surface area contributed by atoms with Crippen molar-refractivity contribution in [1.82, 2.24) is 25.1 Å². The van der Waals surface area contributed by atoms with Crippen molar-refractivity contribution in [3.63, 3.8) is 0 Å². The molecule has 1 aromatic heterocycles. The zero-order valence-electron chi connectivity index (χ0n) is 15.2. The third kappa shape index (κ3) is 3.74. The minimum Gasteiger partial charge on any atom is -0.449 e. The van der Waals surface area contributed by atoms with Gasteiger partial charge in [-0.15, -0.1) is 5.10 Å². The minimum absolute atomic E-state index is 0.136. The first-order chi connectivity index (χ1) is 12.5. The molecule has 1 aliphatic heterocycles. The number of esters is 1. The van der Waals surface area contributed by atoms with Crippen molar-refractivity contribution in [1.29, 1.82) is 0 Å². The Morgan fingerprint density at radius 2 is 1.81 bits per heavy atom. The fourth-order valence-corrected chi connectivity index (χ4v) is 3.37. The standard InChI is InChI=1S/C18H23N5O3/c1-12-5-4-6-13(2)23(12)17(24)14(3)26-18(25)15-7-9-16(10-8-15)22-11-19-20-21-22/h7-14H,4-6H2,1-3H3/t12-,13-,14+/m0/s1. The summed E-state index contributed by atoms with van der Waals surface area (Å²) in [4.78, 5) is 26.9. The van der Waals surface area contributed by atoms with Crippen LogP contribution in [-0.2, 0) is 9.53 Å². The predicted molar refractivity (Wildman–Crippen MR) is 93.7 cm³/mol. The van der Waals surface area contributed by atoms with E-state index in [0.29, 0.717) is 5.56 Å². The Labute approximate surface area is 152 Å².